The van der Waals surface area contributed by atoms with Crippen LogP contribution in [0.5, 0.6) is 0 Å². The average molecular weight is 1070 g/mol. The van der Waals surface area contributed by atoms with Crippen molar-refractivity contribution in [1.82, 2.24) is 0 Å². The second-order valence-electron chi connectivity index (χ2n) is 16.8. The Labute approximate surface area is 453 Å². The van der Waals surface area contributed by atoms with Crippen LogP contribution in [0.3, 0.4) is 0 Å². The van der Waals surface area contributed by atoms with Crippen LogP contribution in [-0.4, -0.2) is 0 Å². The van der Waals surface area contributed by atoms with E-state index in [1.165, 1.54) is 110 Å². The Bertz CT molecular complexity index is 2870. The Morgan fingerprint density at radius 1 is 0.235 bits per heavy atom. The molecule has 68 heavy (non-hydrogen) atoms. The van der Waals surface area contributed by atoms with Crippen LogP contribution in [-0.2, 0) is 52.4 Å². The van der Waals surface area contributed by atoms with Gasteiger partial charge in [0.15, 0.2) is 0 Å². The summed E-state index contributed by atoms with van der Waals surface area (Å²) in [7, 11) is 0. The average Bonchev–Trinajstić information content (AvgIpc) is 4.15. The van der Waals surface area contributed by atoms with Crippen molar-refractivity contribution >= 4 is 43.1 Å². The van der Waals surface area contributed by atoms with Crippen molar-refractivity contribution < 1.29 is 77.2 Å². The maximum Gasteiger partial charge on any atom is 2.00 e. The van der Waals surface area contributed by atoms with Gasteiger partial charge in [0.25, 0.3) is 0 Å². The molecule has 0 N–H and O–H groups in total. The van der Waals surface area contributed by atoms with Gasteiger partial charge in [-0.05, 0) is 27.7 Å². The fourth-order valence-electron chi connectivity index (χ4n) is 8.81. The molecule has 0 radical (unpaired) electrons. The molecule has 0 spiro atoms. The van der Waals surface area contributed by atoms with E-state index in [0.29, 0.717) is 0 Å². The van der Waals surface area contributed by atoms with Crippen LogP contribution in [0.1, 0.15) is 22.3 Å². The first kappa shape index (κ1) is 53.5. The van der Waals surface area contributed by atoms with E-state index in [1.807, 2.05) is 0 Å². The van der Waals surface area contributed by atoms with Crippen LogP contribution < -0.4 is 24.8 Å². The summed E-state index contributed by atoms with van der Waals surface area (Å²) in [6.45, 7) is 8.64. The third-order valence-corrected chi connectivity index (χ3v) is 12.3. The molecular formula is C64H52Cl2Zr2-2. The number of hydrogen-bond acceptors (Lipinski definition) is 0. The largest absolute Gasteiger partial charge is 2.00 e. The van der Waals surface area contributed by atoms with Crippen LogP contribution >= 0.6 is 0 Å². The standard InChI is InChI=1S/4C16H13.2ClH.2Zr/c4*1-12-6-2-5-9-16(12)15-10-13-7-3-4-8-14(13)11-15;;;;/h4*2-11H,1H3;2*1H;;/q4*-1;;;2*+2/p-2. The third-order valence-electron chi connectivity index (χ3n) is 12.3. The zero-order valence-electron chi connectivity index (χ0n) is 38.8. The molecule has 12 aromatic rings. The quantitative estimate of drug-likeness (QED) is 0.154. The fourth-order valence-corrected chi connectivity index (χ4v) is 8.81. The van der Waals surface area contributed by atoms with Gasteiger partial charge in [-0.3, -0.25) is 0 Å². The van der Waals surface area contributed by atoms with Gasteiger partial charge in [-0.1, -0.05) is 214 Å². The first-order chi connectivity index (χ1) is 31.4. The van der Waals surface area contributed by atoms with E-state index >= 15 is 0 Å². The first-order valence-corrected chi connectivity index (χ1v) is 22.2. The van der Waals surface area contributed by atoms with Gasteiger partial charge in [0.2, 0.25) is 0 Å². The molecule has 0 saturated heterocycles. The maximum atomic E-state index is 2.26. The minimum Gasteiger partial charge on any atom is -1.00 e. The molecule has 12 rings (SSSR count). The monoisotopic (exact) mass is 1070 g/mol. The molecule has 0 aliphatic rings. The summed E-state index contributed by atoms with van der Waals surface area (Å²) in [6.07, 6.45) is 0. The van der Waals surface area contributed by atoms with Crippen molar-refractivity contribution in [3.63, 3.8) is 0 Å². The molecule has 0 bridgehead atoms. The van der Waals surface area contributed by atoms with Gasteiger partial charge < -0.3 is 24.8 Å². The Hall–Kier alpha value is -5.45. The van der Waals surface area contributed by atoms with Crippen molar-refractivity contribution in [3.05, 3.63) is 265 Å². The molecule has 0 aliphatic heterocycles. The van der Waals surface area contributed by atoms with Crippen molar-refractivity contribution in [3.8, 4) is 44.5 Å². The van der Waals surface area contributed by atoms with Crippen molar-refractivity contribution in [2.75, 3.05) is 0 Å². The van der Waals surface area contributed by atoms with Crippen LogP contribution in [0, 0.1) is 27.7 Å². The number of hydrogen-bond donors (Lipinski definition) is 0. The minimum atomic E-state index is 0. The van der Waals surface area contributed by atoms with Gasteiger partial charge in [0, 0.05) is 0 Å². The summed E-state index contributed by atoms with van der Waals surface area (Å²) in [5.41, 5.74) is 15.9. The normalized spacial score (nSPS) is 10.2. The molecule has 0 aromatic heterocycles. The van der Waals surface area contributed by atoms with Crippen LogP contribution in [0.15, 0.2) is 243 Å². The van der Waals surface area contributed by atoms with Gasteiger partial charge in [0.1, 0.15) is 0 Å². The van der Waals surface area contributed by atoms with Crippen LogP contribution in [0.25, 0.3) is 87.6 Å². The molecule has 0 unspecified atom stereocenters. The summed E-state index contributed by atoms with van der Waals surface area (Å²) in [5.74, 6) is 0. The zero-order valence-corrected chi connectivity index (χ0v) is 45.3. The van der Waals surface area contributed by atoms with E-state index in [9.17, 15) is 0 Å². The van der Waals surface area contributed by atoms with Gasteiger partial charge in [0.05, 0.1) is 0 Å². The molecule has 0 fully saturated rings. The van der Waals surface area contributed by atoms with E-state index in [4.69, 9.17) is 0 Å². The Kier molecular flexibility index (Phi) is 19.9. The predicted molar refractivity (Wildman–Crippen MR) is 279 cm³/mol. The molecule has 332 valence electrons. The van der Waals surface area contributed by atoms with Gasteiger partial charge in [-0.15, -0.1) is 138 Å². The molecule has 0 aliphatic carbocycles. The Morgan fingerprint density at radius 3 is 0.603 bits per heavy atom. The number of aryl methyl sites for hydroxylation is 4. The Morgan fingerprint density at radius 2 is 0.412 bits per heavy atom. The third kappa shape index (κ3) is 12.6. The fraction of sp³-hybridized carbons (Fsp3) is 0.0625. The molecule has 0 nitrogen and oxygen atoms in total. The maximum absolute atomic E-state index is 2.26. The van der Waals surface area contributed by atoms with Gasteiger partial charge in [-0.2, -0.15) is 0 Å². The number of fused-ring (bicyclic) bond motifs is 4. The summed E-state index contributed by atoms with van der Waals surface area (Å²) in [4.78, 5) is 0. The zero-order chi connectivity index (χ0) is 43.8. The minimum absolute atomic E-state index is 0. The van der Waals surface area contributed by atoms with E-state index in [0.717, 1.165) is 0 Å². The van der Waals surface area contributed by atoms with E-state index in [1.54, 1.807) is 0 Å². The summed E-state index contributed by atoms with van der Waals surface area (Å²) in [6, 6.07) is 86.2. The number of benzene rings is 8. The summed E-state index contributed by atoms with van der Waals surface area (Å²) < 4.78 is 0. The van der Waals surface area contributed by atoms with E-state index < -0.39 is 0 Å². The van der Waals surface area contributed by atoms with Crippen molar-refractivity contribution in [2.45, 2.75) is 27.7 Å². The first-order valence-electron chi connectivity index (χ1n) is 22.2. The molecule has 0 saturated carbocycles. The van der Waals surface area contributed by atoms with Crippen molar-refractivity contribution in [2.24, 2.45) is 0 Å². The predicted octanol–water partition coefficient (Wildman–Crippen LogP) is 12.1. The summed E-state index contributed by atoms with van der Waals surface area (Å²) >= 11 is 0. The SMILES string of the molecule is Cc1ccccc1-c1cc2ccccc2[cH-]1.Cc1ccccc1-c1cc2ccccc2[cH-]1.Cc1ccccc1-c1cc2ccccc2[cH-]1.Cc1ccccc1-c1cc2ccccc2[cH-]1.[Cl-].[Cl-].[Zr+2].[Zr+2]. The second-order valence-corrected chi connectivity index (χ2v) is 16.8. The van der Waals surface area contributed by atoms with Crippen molar-refractivity contribution in [1.29, 1.82) is 0 Å². The van der Waals surface area contributed by atoms with E-state index in [-0.39, 0.29) is 77.2 Å². The molecule has 0 atom stereocenters. The van der Waals surface area contributed by atoms with Gasteiger partial charge in [-0.25, -0.2) is 0 Å². The van der Waals surface area contributed by atoms with Crippen LogP contribution in [0.2, 0.25) is 0 Å². The molecule has 12 aromatic carbocycles. The number of halogens is 2. The second kappa shape index (κ2) is 25.2. The smallest absolute Gasteiger partial charge is 1.00 e. The van der Waals surface area contributed by atoms with Gasteiger partial charge >= 0.3 is 52.4 Å². The molecule has 0 heterocycles. The summed E-state index contributed by atoms with van der Waals surface area (Å²) in [5, 5.41) is 10.6. The Balaban J connectivity index is 0.000000166. The number of rotatable bonds is 4. The van der Waals surface area contributed by atoms with E-state index in [2.05, 4.69) is 270 Å². The topological polar surface area (TPSA) is 0 Å². The van der Waals surface area contributed by atoms with Crippen LogP contribution in [0.4, 0.5) is 0 Å². The molecular weight excluding hydrogens is 1020 g/mol. The molecule has 0 amide bonds. The molecule has 4 heteroatoms.